The maximum absolute atomic E-state index is 12.2. The molecule has 1 heterocycles. The van der Waals surface area contributed by atoms with Crippen molar-refractivity contribution in [2.45, 2.75) is 19.4 Å². The van der Waals surface area contributed by atoms with Crippen molar-refractivity contribution >= 4 is 35.0 Å². The van der Waals surface area contributed by atoms with E-state index in [2.05, 4.69) is 15.6 Å². The molecule has 1 saturated carbocycles. The zero-order valence-corrected chi connectivity index (χ0v) is 15.3. The first kappa shape index (κ1) is 18.5. The van der Waals surface area contributed by atoms with Gasteiger partial charge in [0.1, 0.15) is 11.4 Å². The van der Waals surface area contributed by atoms with Crippen LogP contribution in [0.2, 0.25) is 10.0 Å². The molecule has 3 N–H and O–H groups in total. The number of halogens is 2. The van der Waals surface area contributed by atoms with Gasteiger partial charge in [-0.25, -0.2) is 0 Å². The van der Waals surface area contributed by atoms with Crippen LogP contribution in [0.1, 0.15) is 39.3 Å². The Bertz CT molecular complexity index is 836. The lowest BCUT2D eigenvalue weighted by atomic mass is 10.1. The summed E-state index contributed by atoms with van der Waals surface area (Å²) in [5, 5.41) is 15.6. The number of aromatic nitrogens is 1. The zero-order chi connectivity index (χ0) is 18.7. The van der Waals surface area contributed by atoms with Crippen LogP contribution in [-0.4, -0.2) is 28.4 Å². The number of carbonyl (C=O) groups excluding carboxylic acids is 2. The fourth-order valence-corrected chi connectivity index (χ4v) is 2.82. The Morgan fingerprint density at radius 3 is 2.58 bits per heavy atom. The SMILES string of the molecule is O=C(NCC1CC1)c1ccc(CNC(=O)c2cc(Cl)cc(Cl)c2O)cn1. The largest absolute Gasteiger partial charge is 0.506 e. The number of amides is 2. The lowest BCUT2D eigenvalue weighted by Crippen LogP contribution is -2.26. The molecule has 2 amide bonds. The second-order valence-electron chi connectivity index (χ2n) is 6.17. The van der Waals surface area contributed by atoms with Gasteiger partial charge in [0.25, 0.3) is 11.8 Å². The topological polar surface area (TPSA) is 91.3 Å². The summed E-state index contributed by atoms with van der Waals surface area (Å²) >= 11 is 11.7. The van der Waals surface area contributed by atoms with Crippen LogP contribution in [0, 0.1) is 5.92 Å². The molecule has 0 saturated heterocycles. The molecule has 1 aliphatic carbocycles. The quantitative estimate of drug-likeness (QED) is 0.702. The number of nitrogens with zero attached hydrogens (tertiary/aromatic N) is 1. The fraction of sp³-hybridized carbons (Fsp3) is 0.278. The summed E-state index contributed by atoms with van der Waals surface area (Å²) in [4.78, 5) is 28.3. The van der Waals surface area contributed by atoms with E-state index in [-0.39, 0.29) is 33.8 Å². The van der Waals surface area contributed by atoms with E-state index in [1.54, 1.807) is 12.1 Å². The average Bonchev–Trinajstić information content (AvgIpc) is 3.45. The predicted octanol–water partition coefficient (Wildman–Crippen LogP) is 3.16. The first-order chi connectivity index (χ1) is 12.4. The molecule has 1 aliphatic rings. The van der Waals surface area contributed by atoms with Gasteiger partial charge >= 0.3 is 0 Å². The molecular weight excluding hydrogens is 377 g/mol. The molecule has 8 heteroatoms. The molecule has 0 radical (unpaired) electrons. The zero-order valence-electron chi connectivity index (χ0n) is 13.8. The molecule has 1 aromatic heterocycles. The Labute approximate surface area is 160 Å². The first-order valence-corrected chi connectivity index (χ1v) is 8.89. The molecule has 0 aliphatic heterocycles. The second-order valence-corrected chi connectivity index (χ2v) is 7.02. The van der Waals surface area contributed by atoms with Crippen molar-refractivity contribution in [3.05, 3.63) is 57.3 Å². The summed E-state index contributed by atoms with van der Waals surface area (Å²) in [6.07, 6.45) is 3.86. The number of carbonyl (C=O) groups is 2. The third-order valence-corrected chi connectivity index (χ3v) is 4.54. The molecule has 1 aromatic carbocycles. The van der Waals surface area contributed by atoms with Gasteiger partial charge in [-0.2, -0.15) is 0 Å². The molecule has 2 aromatic rings. The minimum absolute atomic E-state index is 0.00544. The van der Waals surface area contributed by atoms with Gasteiger partial charge in [-0.05, 0) is 42.5 Å². The number of hydrogen-bond donors (Lipinski definition) is 3. The Morgan fingerprint density at radius 2 is 1.92 bits per heavy atom. The highest BCUT2D eigenvalue weighted by Gasteiger charge is 2.22. The lowest BCUT2D eigenvalue weighted by Gasteiger charge is -2.09. The highest BCUT2D eigenvalue weighted by molar-refractivity contribution is 6.36. The van der Waals surface area contributed by atoms with Crippen molar-refractivity contribution in [1.82, 2.24) is 15.6 Å². The summed E-state index contributed by atoms with van der Waals surface area (Å²) in [7, 11) is 0. The number of phenolic OH excluding ortho intramolecular Hbond substituents is 1. The minimum atomic E-state index is -0.516. The number of rotatable bonds is 6. The molecule has 0 spiro atoms. The normalized spacial score (nSPS) is 13.3. The highest BCUT2D eigenvalue weighted by atomic mass is 35.5. The predicted molar refractivity (Wildman–Crippen MR) is 98.6 cm³/mol. The Hall–Kier alpha value is -2.31. The molecule has 0 atom stereocenters. The number of nitrogens with one attached hydrogen (secondary N) is 2. The summed E-state index contributed by atoms with van der Waals surface area (Å²) in [6.45, 7) is 0.864. The Kier molecular flexibility index (Phi) is 5.64. The van der Waals surface area contributed by atoms with Crippen LogP contribution >= 0.6 is 23.2 Å². The molecule has 6 nitrogen and oxygen atoms in total. The van der Waals surface area contributed by atoms with E-state index in [1.165, 1.54) is 31.2 Å². The van der Waals surface area contributed by atoms with Crippen LogP contribution < -0.4 is 10.6 Å². The van der Waals surface area contributed by atoms with E-state index in [4.69, 9.17) is 23.2 Å². The monoisotopic (exact) mass is 393 g/mol. The van der Waals surface area contributed by atoms with Crippen LogP contribution in [-0.2, 0) is 6.54 Å². The molecule has 3 rings (SSSR count). The van der Waals surface area contributed by atoms with Gasteiger partial charge in [-0.3, -0.25) is 14.6 Å². The van der Waals surface area contributed by atoms with Crippen LogP contribution in [0.3, 0.4) is 0 Å². The van der Waals surface area contributed by atoms with Crippen molar-refractivity contribution in [2.24, 2.45) is 5.92 Å². The van der Waals surface area contributed by atoms with Crippen molar-refractivity contribution in [1.29, 1.82) is 0 Å². The molecule has 0 unspecified atom stereocenters. The minimum Gasteiger partial charge on any atom is -0.506 e. The molecular formula is C18H17Cl2N3O3. The Balaban J connectivity index is 1.57. The maximum Gasteiger partial charge on any atom is 0.269 e. The highest BCUT2D eigenvalue weighted by Crippen LogP contribution is 2.31. The van der Waals surface area contributed by atoms with Crippen LogP contribution in [0.15, 0.2) is 30.5 Å². The number of pyridine rings is 1. The van der Waals surface area contributed by atoms with Crippen molar-refractivity contribution in [3.63, 3.8) is 0 Å². The number of phenols is 1. The van der Waals surface area contributed by atoms with Crippen molar-refractivity contribution < 1.29 is 14.7 Å². The average molecular weight is 394 g/mol. The van der Waals surface area contributed by atoms with E-state index in [0.717, 1.165) is 0 Å². The van der Waals surface area contributed by atoms with Gasteiger partial charge in [0.05, 0.1) is 10.6 Å². The number of benzene rings is 1. The Morgan fingerprint density at radius 1 is 1.15 bits per heavy atom. The van der Waals surface area contributed by atoms with Crippen LogP contribution in [0.25, 0.3) is 0 Å². The van der Waals surface area contributed by atoms with Gasteiger partial charge in [-0.1, -0.05) is 29.3 Å². The second kappa shape index (κ2) is 7.93. The van der Waals surface area contributed by atoms with E-state index in [9.17, 15) is 14.7 Å². The maximum atomic E-state index is 12.2. The van der Waals surface area contributed by atoms with E-state index in [1.807, 2.05) is 0 Å². The third-order valence-electron chi connectivity index (χ3n) is 4.03. The first-order valence-electron chi connectivity index (χ1n) is 8.13. The third kappa shape index (κ3) is 4.65. The number of aromatic hydroxyl groups is 1. The smallest absolute Gasteiger partial charge is 0.269 e. The van der Waals surface area contributed by atoms with E-state index < -0.39 is 5.91 Å². The summed E-state index contributed by atoms with van der Waals surface area (Å²) in [5.41, 5.74) is 1.04. The van der Waals surface area contributed by atoms with Gasteiger partial charge in [0.2, 0.25) is 0 Å². The molecule has 136 valence electrons. The summed E-state index contributed by atoms with van der Waals surface area (Å²) in [5.74, 6) is -0.441. The van der Waals surface area contributed by atoms with Crippen LogP contribution in [0.4, 0.5) is 0 Å². The van der Waals surface area contributed by atoms with Gasteiger partial charge in [0, 0.05) is 24.3 Å². The van der Waals surface area contributed by atoms with Crippen molar-refractivity contribution in [2.75, 3.05) is 6.54 Å². The van der Waals surface area contributed by atoms with Crippen LogP contribution in [0.5, 0.6) is 5.75 Å². The van der Waals surface area contributed by atoms with E-state index in [0.29, 0.717) is 23.7 Å². The summed E-state index contributed by atoms with van der Waals surface area (Å²) in [6, 6.07) is 6.01. The molecule has 0 bridgehead atoms. The van der Waals surface area contributed by atoms with Crippen molar-refractivity contribution in [3.8, 4) is 5.75 Å². The number of hydrogen-bond acceptors (Lipinski definition) is 4. The fourth-order valence-electron chi connectivity index (χ4n) is 2.33. The molecule has 26 heavy (non-hydrogen) atoms. The van der Waals surface area contributed by atoms with Gasteiger partial charge < -0.3 is 15.7 Å². The van der Waals surface area contributed by atoms with Gasteiger partial charge in [-0.15, -0.1) is 0 Å². The van der Waals surface area contributed by atoms with Gasteiger partial charge in [0.15, 0.2) is 0 Å². The standard InChI is InChI=1S/C18H17Cl2N3O3/c19-12-5-13(16(24)14(20)6-12)17(25)22-9-11-3-4-15(21-8-11)18(26)23-7-10-1-2-10/h3-6,8,10,24H,1-2,7,9H2,(H,22,25)(H,23,26). The van der Waals surface area contributed by atoms with E-state index >= 15 is 0 Å². The lowest BCUT2D eigenvalue weighted by molar-refractivity contribution is 0.0937. The summed E-state index contributed by atoms with van der Waals surface area (Å²) < 4.78 is 0. The molecule has 1 fully saturated rings.